The highest BCUT2D eigenvalue weighted by molar-refractivity contribution is 14.0. The van der Waals surface area contributed by atoms with E-state index in [1.54, 1.807) is 0 Å². The zero-order valence-corrected chi connectivity index (χ0v) is 20.1. The summed E-state index contributed by atoms with van der Waals surface area (Å²) >= 11 is 0. The van der Waals surface area contributed by atoms with Crippen molar-refractivity contribution in [3.63, 3.8) is 0 Å². The topological polar surface area (TPSA) is 65.7 Å². The maximum Gasteiger partial charge on any atom is 0.191 e. The average molecular weight is 511 g/mol. The van der Waals surface area contributed by atoms with E-state index in [1.165, 1.54) is 18.4 Å². The van der Waals surface area contributed by atoms with Gasteiger partial charge in [0.1, 0.15) is 5.76 Å². The lowest BCUT2D eigenvalue weighted by molar-refractivity contribution is 0.245. The minimum atomic E-state index is 0. The molecule has 0 bridgehead atoms. The second-order valence-corrected chi connectivity index (χ2v) is 7.21. The van der Waals surface area contributed by atoms with Gasteiger partial charge in [-0.05, 0) is 37.9 Å². The van der Waals surface area contributed by atoms with E-state index in [-0.39, 0.29) is 24.0 Å². The van der Waals surface area contributed by atoms with Crippen molar-refractivity contribution in [1.82, 2.24) is 20.7 Å². The van der Waals surface area contributed by atoms with Gasteiger partial charge in [0.25, 0.3) is 0 Å². The predicted molar refractivity (Wildman–Crippen MR) is 129 cm³/mol. The summed E-state index contributed by atoms with van der Waals surface area (Å²) in [6.07, 6.45) is 4.28. The number of nitrogens with one attached hydrogen (secondary N) is 2. The lowest BCUT2D eigenvalue weighted by atomic mass is 10.1. The van der Waals surface area contributed by atoms with Crippen molar-refractivity contribution in [1.29, 1.82) is 0 Å². The molecule has 1 aliphatic heterocycles. The van der Waals surface area contributed by atoms with Crippen molar-refractivity contribution in [2.45, 2.75) is 52.1 Å². The van der Waals surface area contributed by atoms with Crippen LogP contribution in [0.1, 0.15) is 55.3 Å². The van der Waals surface area contributed by atoms with Gasteiger partial charge in [-0.3, -0.25) is 9.89 Å². The Balaban J connectivity index is 0.00000300. The minimum absolute atomic E-state index is 0. The Labute approximate surface area is 191 Å². The van der Waals surface area contributed by atoms with Gasteiger partial charge in [0, 0.05) is 32.1 Å². The largest absolute Gasteiger partial charge is 0.361 e. The third kappa shape index (κ3) is 6.18. The average Bonchev–Trinajstić information content (AvgIpc) is 3.40. The van der Waals surface area contributed by atoms with Crippen LogP contribution in [0.5, 0.6) is 0 Å². The number of rotatable bonds is 8. The Bertz CT molecular complexity index is 734. The molecule has 0 spiro atoms. The first-order valence-electron chi connectivity index (χ1n) is 10.5. The summed E-state index contributed by atoms with van der Waals surface area (Å²) in [6.45, 7) is 8.02. The van der Waals surface area contributed by atoms with Gasteiger partial charge >= 0.3 is 0 Å². The Morgan fingerprint density at radius 3 is 2.48 bits per heavy atom. The molecule has 3 rings (SSSR count). The molecule has 1 aliphatic rings. The van der Waals surface area contributed by atoms with Gasteiger partial charge in [0.2, 0.25) is 0 Å². The molecule has 1 atom stereocenters. The number of benzene rings is 1. The molecule has 0 aliphatic carbocycles. The first-order valence-corrected chi connectivity index (χ1v) is 10.5. The van der Waals surface area contributed by atoms with E-state index in [9.17, 15) is 0 Å². The van der Waals surface area contributed by atoms with E-state index in [4.69, 9.17) is 4.52 Å². The molecular formula is C22H34IN5O. The predicted octanol–water partition coefficient (Wildman–Crippen LogP) is 3.92. The molecule has 0 radical (unpaired) electrons. The van der Waals surface area contributed by atoms with Crippen molar-refractivity contribution in [2.75, 3.05) is 26.7 Å². The molecule has 1 aromatic carbocycles. The van der Waals surface area contributed by atoms with E-state index < -0.39 is 0 Å². The number of aryl methyl sites for hydroxylation is 2. The van der Waals surface area contributed by atoms with E-state index in [1.807, 2.05) is 7.05 Å². The summed E-state index contributed by atoms with van der Waals surface area (Å²) in [7, 11) is 1.82. The second kappa shape index (κ2) is 12.2. The van der Waals surface area contributed by atoms with Crippen LogP contribution in [0.4, 0.5) is 0 Å². The molecule has 1 unspecified atom stereocenters. The number of hydrogen-bond acceptors (Lipinski definition) is 4. The Hall–Kier alpha value is -1.61. The van der Waals surface area contributed by atoms with Crippen LogP contribution in [0.15, 0.2) is 39.8 Å². The molecule has 0 amide bonds. The first kappa shape index (κ1) is 23.7. The van der Waals surface area contributed by atoms with Crippen LogP contribution in [0.2, 0.25) is 0 Å². The summed E-state index contributed by atoms with van der Waals surface area (Å²) in [5.74, 6) is 1.77. The summed E-state index contributed by atoms with van der Waals surface area (Å²) < 4.78 is 5.47. The molecule has 2 heterocycles. The fraction of sp³-hybridized carbons (Fsp3) is 0.545. The number of nitrogens with zero attached hydrogens (tertiary/aromatic N) is 3. The third-order valence-corrected chi connectivity index (χ3v) is 5.49. The summed E-state index contributed by atoms with van der Waals surface area (Å²) in [5, 5.41) is 11.2. The van der Waals surface area contributed by atoms with Crippen molar-refractivity contribution in [3.05, 3.63) is 52.9 Å². The van der Waals surface area contributed by atoms with E-state index >= 15 is 0 Å². The summed E-state index contributed by atoms with van der Waals surface area (Å²) in [6, 6.07) is 11.1. The van der Waals surface area contributed by atoms with Gasteiger partial charge in [-0.2, -0.15) is 0 Å². The zero-order valence-electron chi connectivity index (χ0n) is 17.8. The Morgan fingerprint density at radius 1 is 1.14 bits per heavy atom. The van der Waals surface area contributed by atoms with Gasteiger partial charge in [-0.1, -0.05) is 49.3 Å². The van der Waals surface area contributed by atoms with Gasteiger partial charge in [-0.25, -0.2) is 0 Å². The molecule has 2 N–H and O–H groups in total. The number of guanidine groups is 1. The van der Waals surface area contributed by atoms with E-state index in [0.717, 1.165) is 55.5 Å². The van der Waals surface area contributed by atoms with Crippen LogP contribution in [0, 0.1) is 0 Å². The highest BCUT2D eigenvalue weighted by atomic mass is 127. The molecule has 29 heavy (non-hydrogen) atoms. The van der Waals surface area contributed by atoms with Crippen molar-refractivity contribution in [3.8, 4) is 0 Å². The lowest BCUT2D eigenvalue weighted by Crippen LogP contribution is -2.42. The first-order chi connectivity index (χ1) is 13.8. The van der Waals surface area contributed by atoms with Gasteiger partial charge in [0.05, 0.1) is 11.7 Å². The smallest absolute Gasteiger partial charge is 0.191 e. The SMILES string of the molecule is CCc1noc(CC)c1CNC(=NC)NCC(c1ccccc1)N1CCCC1.I. The molecule has 0 saturated carbocycles. The van der Waals surface area contributed by atoms with Crippen LogP contribution in [-0.2, 0) is 19.4 Å². The van der Waals surface area contributed by atoms with Crippen LogP contribution in [0.25, 0.3) is 0 Å². The molecule has 1 saturated heterocycles. The molecular weight excluding hydrogens is 477 g/mol. The fourth-order valence-electron chi connectivity index (χ4n) is 3.91. The number of hydrogen-bond donors (Lipinski definition) is 2. The summed E-state index contributed by atoms with van der Waals surface area (Å²) in [4.78, 5) is 6.99. The van der Waals surface area contributed by atoms with Gasteiger partial charge < -0.3 is 15.2 Å². The number of likely N-dealkylation sites (tertiary alicyclic amines) is 1. The fourth-order valence-corrected chi connectivity index (χ4v) is 3.91. The monoisotopic (exact) mass is 511 g/mol. The molecule has 1 fully saturated rings. The summed E-state index contributed by atoms with van der Waals surface area (Å²) in [5.41, 5.74) is 3.54. The highest BCUT2D eigenvalue weighted by Gasteiger charge is 2.23. The van der Waals surface area contributed by atoms with Crippen molar-refractivity contribution >= 4 is 29.9 Å². The standard InChI is InChI=1S/C22H33N5O.HI/c1-4-19-18(21(5-2)28-26-19)15-24-22(23-3)25-16-20(27-13-9-10-14-27)17-11-7-6-8-12-17;/h6-8,11-12,20H,4-5,9-10,13-16H2,1-3H3,(H2,23,24,25);1H. The molecule has 7 heteroatoms. The maximum atomic E-state index is 5.47. The molecule has 160 valence electrons. The van der Waals surface area contributed by atoms with Crippen LogP contribution in [0.3, 0.4) is 0 Å². The number of halogens is 1. The molecule has 6 nitrogen and oxygen atoms in total. The van der Waals surface area contributed by atoms with Crippen molar-refractivity contribution < 1.29 is 4.52 Å². The third-order valence-electron chi connectivity index (χ3n) is 5.49. The van der Waals surface area contributed by atoms with Crippen LogP contribution < -0.4 is 10.6 Å². The normalized spacial score (nSPS) is 15.8. The van der Waals surface area contributed by atoms with Crippen LogP contribution >= 0.6 is 24.0 Å². The highest BCUT2D eigenvalue weighted by Crippen LogP contribution is 2.24. The number of aromatic nitrogens is 1. The Morgan fingerprint density at radius 2 is 1.86 bits per heavy atom. The van der Waals surface area contributed by atoms with Gasteiger partial charge in [-0.15, -0.1) is 24.0 Å². The van der Waals surface area contributed by atoms with E-state index in [0.29, 0.717) is 12.6 Å². The molecule has 2 aromatic rings. The zero-order chi connectivity index (χ0) is 19.8. The minimum Gasteiger partial charge on any atom is -0.361 e. The quantitative estimate of drug-likeness (QED) is 0.320. The van der Waals surface area contributed by atoms with Crippen molar-refractivity contribution in [2.24, 2.45) is 4.99 Å². The maximum absolute atomic E-state index is 5.47. The number of aliphatic imine (C=N–C) groups is 1. The van der Waals surface area contributed by atoms with E-state index in [2.05, 4.69) is 69.9 Å². The Kier molecular flexibility index (Phi) is 9.93. The molecule has 1 aromatic heterocycles. The van der Waals surface area contributed by atoms with Gasteiger partial charge in [0.15, 0.2) is 5.96 Å². The van der Waals surface area contributed by atoms with Crippen LogP contribution in [-0.4, -0.2) is 42.7 Å². The second-order valence-electron chi connectivity index (χ2n) is 7.21. The lowest BCUT2D eigenvalue weighted by Gasteiger charge is -2.29.